The summed E-state index contributed by atoms with van der Waals surface area (Å²) in [7, 11) is 1.28. The van der Waals surface area contributed by atoms with Crippen LogP contribution in [-0.4, -0.2) is 106 Å². The molecule has 2 aliphatic rings. The number of imidazole rings is 2. The topological polar surface area (TPSA) is 217 Å². The highest BCUT2D eigenvalue weighted by Gasteiger charge is 2.37. The monoisotopic (exact) mass is 810 g/mol. The minimum absolute atomic E-state index is 0.115. The van der Waals surface area contributed by atoms with Crippen LogP contribution in [0, 0.1) is 12.8 Å². The molecule has 17 nitrogen and oxygen atoms in total. The number of hydrogen-bond acceptors (Lipinski definition) is 11. The molecule has 4 N–H and O–H groups in total. The van der Waals surface area contributed by atoms with Gasteiger partial charge in [-0.2, -0.15) is 0 Å². The van der Waals surface area contributed by atoms with Crippen molar-refractivity contribution in [2.24, 2.45) is 5.92 Å². The van der Waals surface area contributed by atoms with E-state index in [0.29, 0.717) is 30.4 Å². The van der Waals surface area contributed by atoms with E-state index in [4.69, 9.17) is 14.7 Å². The number of carbonyl (C=O) groups is 4. The van der Waals surface area contributed by atoms with Gasteiger partial charge in [0.1, 0.15) is 23.4 Å². The third kappa shape index (κ3) is 8.28. The van der Waals surface area contributed by atoms with Gasteiger partial charge in [0, 0.05) is 30.4 Å². The number of benzene rings is 2. The molecule has 2 aromatic carbocycles. The largest absolute Gasteiger partial charge is 0.453 e. The molecule has 0 spiro atoms. The van der Waals surface area contributed by atoms with Crippen LogP contribution in [0.4, 0.5) is 4.79 Å². The number of nitrogens with zero attached hydrogens (tertiary/aromatic N) is 8. The second kappa shape index (κ2) is 17.1. The van der Waals surface area contributed by atoms with E-state index in [2.05, 4.69) is 40.5 Å². The molecule has 8 rings (SSSR count). The maximum atomic E-state index is 13.6. The van der Waals surface area contributed by atoms with Crippen molar-refractivity contribution in [3.05, 3.63) is 96.5 Å². The first kappa shape index (κ1) is 39.8. The van der Waals surface area contributed by atoms with Crippen LogP contribution in [-0.2, 0) is 14.3 Å². The van der Waals surface area contributed by atoms with Crippen LogP contribution in [0.2, 0.25) is 0 Å². The van der Waals surface area contributed by atoms with Gasteiger partial charge in [0.25, 0.3) is 5.91 Å². The van der Waals surface area contributed by atoms with Gasteiger partial charge < -0.3 is 35.1 Å². The Balaban J connectivity index is 0.909. The van der Waals surface area contributed by atoms with Crippen LogP contribution >= 0.6 is 0 Å². The smallest absolute Gasteiger partial charge is 0.407 e. The van der Waals surface area contributed by atoms with E-state index in [9.17, 15) is 19.2 Å². The first-order valence-corrected chi connectivity index (χ1v) is 20.1. The number of aromatic nitrogens is 8. The van der Waals surface area contributed by atoms with Gasteiger partial charge in [0.05, 0.1) is 84.3 Å². The minimum atomic E-state index is -0.700. The lowest BCUT2D eigenvalue weighted by Gasteiger charge is -2.30. The van der Waals surface area contributed by atoms with E-state index in [0.717, 1.165) is 70.5 Å². The number of methoxy groups -OCH3 is 1. The molecule has 3 atom stereocenters. The van der Waals surface area contributed by atoms with Crippen molar-refractivity contribution in [3.8, 4) is 33.8 Å². The van der Waals surface area contributed by atoms with E-state index < -0.39 is 18.0 Å². The molecule has 6 aromatic rings. The van der Waals surface area contributed by atoms with Gasteiger partial charge in [-0.25, -0.2) is 24.7 Å². The number of amides is 4. The molecule has 2 fully saturated rings. The average molecular weight is 811 g/mol. The molecule has 0 bridgehead atoms. The summed E-state index contributed by atoms with van der Waals surface area (Å²) in [6.07, 6.45) is 10.8. The number of carbonyl (C=O) groups excluding carboxylic acids is 4. The Morgan fingerprint density at radius 1 is 0.767 bits per heavy atom. The zero-order valence-electron chi connectivity index (χ0n) is 33.8. The van der Waals surface area contributed by atoms with E-state index in [-0.39, 0.29) is 42.1 Å². The Kier molecular flexibility index (Phi) is 11.3. The normalized spacial score (nSPS) is 16.9. The van der Waals surface area contributed by atoms with Crippen LogP contribution in [0.25, 0.3) is 44.8 Å². The molecule has 4 amide bonds. The fourth-order valence-corrected chi connectivity index (χ4v) is 7.84. The van der Waals surface area contributed by atoms with Gasteiger partial charge in [-0.15, -0.1) is 0 Å². The molecule has 4 aromatic heterocycles. The number of H-pyrrole nitrogens is 2. The summed E-state index contributed by atoms with van der Waals surface area (Å²) in [5.41, 5.74) is 7.39. The lowest BCUT2D eigenvalue weighted by atomic mass is 10.0. The summed E-state index contributed by atoms with van der Waals surface area (Å²) < 4.78 is 4.76. The molecule has 308 valence electrons. The van der Waals surface area contributed by atoms with Gasteiger partial charge in [-0.1, -0.05) is 44.2 Å². The van der Waals surface area contributed by atoms with Crippen LogP contribution < -0.4 is 10.6 Å². The van der Waals surface area contributed by atoms with Crippen LogP contribution in [0.15, 0.2) is 73.4 Å². The molecule has 0 unspecified atom stereocenters. The zero-order chi connectivity index (χ0) is 41.9. The highest BCUT2D eigenvalue weighted by molar-refractivity contribution is 5.94. The number of ether oxygens (including phenoxy) is 1. The van der Waals surface area contributed by atoms with Gasteiger partial charge in [0.2, 0.25) is 11.8 Å². The van der Waals surface area contributed by atoms with Gasteiger partial charge in [-0.05, 0) is 56.2 Å². The van der Waals surface area contributed by atoms with E-state index in [1.54, 1.807) is 35.3 Å². The number of aromatic amines is 2. The maximum Gasteiger partial charge on any atom is 0.407 e. The predicted molar refractivity (Wildman–Crippen MR) is 221 cm³/mol. The standard InChI is InChI=1S/C43H46N12O5/c1-24(2)38(53-43(59)60-4)42(58)55-16-6-8-36(55)40-47-20-32(51-40)27-11-9-26(10-12-27)31-19-46-30-17-28(13-14-29(30)50-31)33-21-48-39(52-33)35-7-5-15-54(35)37(56)23-49-41(57)34-22-44-25(3)18-45-34/h9-14,17-22,24,35-36,38H,5-8,15-16,23H2,1-4H3,(H,47,51)(H,48,52)(H,49,57)(H,53,59)/t35-,36-,38-/m0/s1. The molecule has 6 heterocycles. The Hall–Kier alpha value is -7.04. The number of rotatable bonds is 11. The van der Waals surface area contributed by atoms with Crippen LogP contribution in [0.5, 0.6) is 0 Å². The summed E-state index contributed by atoms with van der Waals surface area (Å²) >= 11 is 0. The van der Waals surface area contributed by atoms with Crippen molar-refractivity contribution in [2.45, 2.75) is 64.6 Å². The molecule has 2 aliphatic heterocycles. The van der Waals surface area contributed by atoms with Crippen molar-refractivity contribution >= 4 is 34.8 Å². The zero-order valence-corrected chi connectivity index (χ0v) is 33.8. The van der Waals surface area contributed by atoms with E-state index >= 15 is 0 Å². The third-order valence-corrected chi connectivity index (χ3v) is 11.1. The van der Waals surface area contributed by atoms with Gasteiger partial charge >= 0.3 is 6.09 Å². The van der Waals surface area contributed by atoms with Crippen LogP contribution in [0.3, 0.4) is 0 Å². The Labute approximate surface area is 345 Å². The molecule has 0 saturated carbocycles. The second-order valence-corrected chi connectivity index (χ2v) is 15.4. The lowest BCUT2D eigenvalue weighted by molar-refractivity contribution is -0.135. The van der Waals surface area contributed by atoms with E-state index in [1.165, 1.54) is 19.5 Å². The van der Waals surface area contributed by atoms with Crippen molar-refractivity contribution < 1.29 is 23.9 Å². The summed E-state index contributed by atoms with van der Waals surface area (Å²) in [4.78, 5) is 88.7. The quantitative estimate of drug-likeness (QED) is 0.131. The second-order valence-electron chi connectivity index (χ2n) is 15.4. The Morgan fingerprint density at radius 2 is 1.42 bits per heavy atom. The molecular formula is C43H46N12O5. The minimum Gasteiger partial charge on any atom is -0.453 e. The van der Waals surface area contributed by atoms with Crippen LogP contribution in [0.1, 0.15) is 79.4 Å². The van der Waals surface area contributed by atoms with Crippen molar-refractivity contribution in [3.63, 3.8) is 0 Å². The van der Waals surface area contributed by atoms with Gasteiger partial charge in [-0.3, -0.25) is 24.4 Å². The Morgan fingerprint density at radius 3 is 2.08 bits per heavy atom. The van der Waals surface area contributed by atoms with E-state index in [1.807, 2.05) is 56.3 Å². The molecule has 60 heavy (non-hydrogen) atoms. The number of nitrogens with one attached hydrogen (secondary N) is 4. The van der Waals surface area contributed by atoms with Crippen molar-refractivity contribution in [2.75, 3.05) is 26.7 Å². The number of likely N-dealkylation sites (tertiary alicyclic amines) is 2. The number of aryl methyl sites for hydroxylation is 1. The predicted octanol–water partition coefficient (Wildman–Crippen LogP) is 5.31. The fraction of sp³-hybridized carbons (Fsp3) is 0.349. The maximum absolute atomic E-state index is 13.6. The average Bonchev–Trinajstić information content (AvgIpc) is 4.11. The van der Waals surface area contributed by atoms with Crippen molar-refractivity contribution in [1.82, 2.24) is 60.3 Å². The first-order chi connectivity index (χ1) is 29.1. The number of fused-ring (bicyclic) bond motifs is 1. The SMILES string of the molecule is COC(=O)N[C@H](C(=O)N1CCC[C@H]1c1ncc(-c2ccc(-c3cnc4cc(-c5cnc([C@@H]6CCCN6C(=O)CNC(=O)c6cnc(C)cn6)[nH]5)ccc4n3)cc2)[nH]1)C(C)C. The summed E-state index contributed by atoms with van der Waals surface area (Å²) in [6.45, 7) is 6.58. The number of hydrogen-bond donors (Lipinski definition) is 4. The first-order valence-electron chi connectivity index (χ1n) is 20.1. The number of alkyl carbamates (subject to hydrolysis) is 1. The fourth-order valence-electron chi connectivity index (χ4n) is 7.84. The highest BCUT2D eigenvalue weighted by Crippen LogP contribution is 2.34. The summed E-state index contributed by atoms with van der Waals surface area (Å²) in [6, 6.07) is 12.7. The molecular weight excluding hydrogens is 765 g/mol. The Bertz CT molecular complexity index is 2530. The van der Waals surface area contributed by atoms with Gasteiger partial charge in [0.15, 0.2) is 0 Å². The van der Waals surface area contributed by atoms with Crippen molar-refractivity contribution in [1.29, 1.82) is 0 Å². The molecule has 2 saturated heterocycles. The summed E-state index contributed by atoms with van der Waals surface area (Å²) in [5, 5.41) is 5.35. The third-order valence-electron chi connectivity index (χ3n) is 11.1. The highest BCUT2D eigenvalue weighted by atomic mass is 16.5. The molecule has 0 aliphatic carbocycles. The summed E-state index contributed by atoms with van der Waals surface area (Å²) in [5.74, 6) is 0.475. The molecule has 0 radical (unpaired) electrons. The lowest BCUT2D eigenvalue weighted by Crippen LogP contribution is -2.51. The molecule has 17 heteroatoms.